The van der Waals surface area contributed by atoms with Crippen molar-refractivity contribution < 1.29 is 23.7 Å². The first-order valence-electron chi connectivity index (χ1n) is 11.3. The predicted molar refractivity (Wildman–Crippen MR) is 134 cm³/mol. The van der Waals surface area contributed by atoms with Gasteiger partial charge in [-0.15, -0.1) is 0 Å². The van der Waals surface area contributed by atoms with Crippen molar-refractivity contribution in [2.45, 2.75) is 0 Å². The van der Waals surface area contributed by atoms with Gasteiger partial charge in [-0.2, -0.15) is 5.10 Å². The highest BCUT2D eigenvalue weighted by molar-refractivity contribution is 6.33. The molecule has 0 unspecified atom stereocenters. The summed E-state index contributed by atoms with van der Waals surface area (Å²) < 4.78 is 24.0. The Morgan fingerprint density at radius 1 is 1.14 bits per heavy atom. The number of amides is 1. The molecule has 0 spiro atoms. The molecule has 0 bridgehead atoms. The highest BCUT2D eigenvalue weighted by Crippen LogP contribution is 2.36. The number of morpholine rings is 1. The van der Waals surface area contributed by atoms with E-state index < -0.39 is 0 Å². The van der Waals surface area contributed by atoms with Gasteiger partial charge in [-0.3, -0.25) is 14.4 Å². The van der Waals surface area contributed by atoms with Gasteiger partial charge in [0.05, 0.1) is 37.2 Å². The van der Waals surface area contributed by atoms with Crippen LogP contribution in [-0.2, 0) is 16.6 Å². The summed E-state index contributed by atoms with van der Waals surface area (Å²) in [4.78, 5) is 14.8. The lowest BCUT2D eigenvalue weighted by atomic mass is 10.1. The molecule has 1 saturated heterocycles. The van der Waals surface area contributed by atoms with E-state index in [1.54, 1.807) is 42.3 Å². The number of halogens is 1. The first-order chi connectivity index (χ1) is 17.0. The summed E-state index contributed by atoms with van der Waals surface area (Å²) in [5.74, 6) is 1.57. The van der Waals surface area contributed by atoms with Gasteiger partial charge >= 0.3 is 0 Å². The van der Waals surface area contributed by atoms with Gasteiger partial charge in [0.2, 0.25) is 0 Å². The molecule has 2 aromatic carbocycles. The largest absolute Gasteiger partial charge is 0.497 e. The van der Waals surface area contributed by atoms with Gasteiger partial charge in [-0.1, -0.05) is 17.7 Å². The zero-order valence-corrected chi connectivity index (χ0v) is 20.6. The van der Waals surface area contributed by atoms with Crippen LogP contribution in [0.5, 0.6) is 17.2 Å². The van der Waals surface area contributed by atoms with Crippen LogP contribution >= 0.6 is 11.6 Å². The SMILES string of the molecule is COc1cccc(OCC(=O)Nc2ccc(OCCN3CCOCC3)c(-c3c(Cl)cnn3C)c2)c1. The Bertz CT molecular complexity index is 1130. The molecule has 3 aromatic rings. The summed E-state index contributed by atoms with van der Waals surface area (Å²) in [6, 6.07) is 12.5. The van der Waals surface area contributed by atoms with E-state index in [-0.39, 0.29) is 12.5 Å². The molecule has 9 nitrogen and oxygen atoms in total. The van der Waals surface area contributed by atoms with E-state index in [4.69, 9.17) is 30.5 Å². The predicted octanol–water partition coefficient (Wildman–Crippen LogP) is 3.48. The average Bonchev–Trinajstić information content (AvgIpc) is 3.21. The lowest BCUT2D eigenvalue weighted by Gasteiger charge is -2.26. The number of anilines is 1. The molecular weight excluding hydrogens is 472 g/mol. The van der Waals surface area contributed by atoms with Gasteiger partial charge < -0.3 is 24.3 Å². The summed E-state index contributed by atoms with van der Waals surface area (Å²) >= 11 is 6.43. The van der Waals surface area contributed by atoms with Crippen molar-refractivity contribution in [1.82, 2.24) is 14.7 Å². The molecule has 1 aliphatic rings. The highest BCUT2D eigenvalue weighted by atomic mass is 35.5. The van der Waals surface area contributed by atoms with Crippen LogP contribution in [0.2, 0.25) is 5.02 Å². The van der Waals surface area contributed by atoms with Crippen LogP contribution in [0, 0.1) is 0 Å². The normalized spacial score (nSPS) is 13.9. The fraction of sp³-hybridized carbons (Fsp3) is 0.360. The number of aromatic nitrogens is 2. The molecule has 1 aliphatic heterocycles. The number of nitrogens with one attached hydrogen (secondary N) is 1. The van der Waals surface area contributed by atoms with E-state index in [1.807, 2.05) is 25.2 Å². The van der Waals surface area contributed by atoms with Crippen molar-refractivity contribution >= 4 is 23.2 Å². The Kier molecular flexibility index (Phi) is 8.46. The van der Waals surface area contributed by atoms with Crippen LogP contribution in [-0.4, -0.2) is 73.8 Å². The van der Waals surface area contributed by atoms with E-state index in [0.717, 1.165) is 38.4 Å². The number of ether oxygens (including phenoxy) is 4. The molecule has 1 N–H and O–H groups in total. The minimum atomic E-state index is -0.296. The van der Waals surface area contributed by atoms with Crippen LogP contribution in [0.1, 0.15) is 0 Å². The monoisotopic (exact) mass is 500 g/mol. The maximum atomic E-state index is 12.5. The smallest absolute Gasteiger partial charge is 0.262 e. The Labute approximate surface area is 209 Å². The van der Waals surface area contributed by atoms with E-state index in [0.29, 0.717) is 40.3 Å². The number of rotatable bonds is 10. The molecule has 0 aliphatic carbocycles. The maximum absolute atomic E-state index is 12.5. The topological polar surface area (TPSA) is 87.1 Å². The summed E-state index contributed by atoms with van der Waals surface area (Å²) in [7, 11) is 3.39. The minimum absolute atomic E-state index is 0.146. The molecule has 1 amide bonds. The van der Waals surface area contributed by atoms with E-state index >= 15 is 0 Å². The second kappa shape index (κ2) is 11.9. The van der Waals surface area contributed by atoms with Crippen LogP contribution in [0.3, 0.4) is 0 Å². The average molecular weight is 501 g/mol. The molecule has 1 fully saturated rings. The molecular formula is C25H29ClN4O5. The third-order valence-electron chi connectivity index (χ3n) is 5.59. The Balaban J connectivity index is 1.44. The van der Waals surface area contributed by atoms with Crippen molar-refractivity contribution in [3.8, 4) is 28.5 Å². The number of methoxy groups -OCH3 is 1. The lowest BCUT2D eigenvalue weighted by molar-refractivity contribution is -0.118. The van der Waals surface area contributed by atoms with E-state index in [1.165, 1.54) is 0 Å². The molecule has 0 saturated carbocycles. The summed E-state index contributed by atoms with van der Waals surface area (Å²) in [5, 5.41) is 7.61. The minimum Gasteiger partial charge on any atom is -0.497 e. The van der Waals surface area contributed by atoms with Crippen LogP contribution in [0.15, 0.2) is 48.7 Å². The first-order valence-corrected chi connectivity index (χ1v) is 11.7. The van der Waals surface area contributed by atoms with Crippen molar-refractivity contribution in [2.24, 2.45) is 7.05 Å². The maximum Gasteiger partial charge on any atom is 0.262 e. The second-order valence-electron chi connectivity index (χ2n) is 7.99. The fourth-order valence-corrected chi connectivity index (χ4v) is 4.05. The third kappa shape index (κ3) is 6.66. The van der Waals surface area contributed by atoms with Gasteiger partial charge in [0, 0.05) is 44.0 Å². The van der Waals surface area contributed by atoms with Gasteiger partial charge in [0.1, 0.15) is 23.9 Å². The van der Waals surface area contributed by atoms with Crippen LogP contribution in [0.25, 0.3) is 11.3 Å². The van der Waals surface area contributed by atoms with Crippen molar-refractivity contribution in [3.63, 3.8) is 0 Å². The van der Waals surface area contributed by atoms with Gasteiger partial charge in [-0.05, 0) is 30.3 Å². The molecule has 4 rings (SSSR count). The fourth-order valence-electron chi connectivity index (χ4n) is 3.78. The van der Waals surface area contributed by atoms with Crippen LogP contribution < -0.4 is 19.5 Å². The summed E-state index contributed by atoms with van der Waals surface area (Å²) in [6.07, 6.45) is 1.58. The zero-order valence-electron chi connectivity index (χ0n) is 19.8. The Hall–Kier alpha value is -3.27. The number of benzene rings is 2. The van der Waals surface area contributed by atoms with Crippen LogP contribution in [0.4, 0.5) is 5.69 Å². The first kappa shape index (κ1) is 24.8. The van der Waals surface area contributed by atoms with Gasteiger partial charge in [-0.25, -0.2) is 0 Å². The number of hydrogen-bond donors (Lipinski definition) is 1. The van der Waals surface area contributed by atoms with Crippen molar-refractivity contribution in [1.29, 1.82) is 0 Å². The highest BCUT2D eigenvalue weighted by Gasteiger charge is 2.17. The molecule has 0 radical (unpaired) electrons. The molecule has 0 atom stereocenters. The summed E-state index contributed by atoms with van der Waals surface area (Å²) in [5.41, 5.74) is 2.04. The lowest BCUT2D eigenvalue weighted by Crippen LogP contribution is -2.38. The molecule has 10 heteroatoms. The van der Waals surface area contributed by atoms with E-state index in [9.17, 15) is 4.79 Å². The number of hydrogen-bond acceptors (Lipinski definition) is 7. The van der Waals surface area contributed by atoms with Crippen molar-refractivity contribution in [2.75, 3.05) is 58.5 Å². The molecule has 1 aromatic heterocycles. The Morgan fingerprint density at radius 2 is 1.94 bits per heavy atom. The quantitative estimate of drug-likeness (QED) is 0.456. The van der Waals surface area contributed by atoms with E-state index in [2.05, 4.69) is 15.3 Å². The standard InChI is InChI=1S/C25H29ClN4O5/c1-29-25(22(26)16-27-29)21-14-18(6-7-23(21)34-13-10-30-8-11-33-12-9-30)28-24(31)17-35-20-5-3-4-19(15-20)32-2/h3-7,14-16H,8-13,17H2,1-2H3,(H,28,31). The molecule has 2 heterocycles. The molecule has 186 valence electrons. The molecule has 35 heavy (non-hydrogen) atoms. The third-order valence-corrected chi connectivity index (χ3v) is 5.87. The summed E-state index contributed by atoms with van der Waals surface area (Å²) in [6.45, 7) is 4.44. The number of carbonyl (C=O) groups excluding carboxylic acids is 1. The number of carbonyl (C=O) groups is 1. The second-order valence-corrected chi connectivity index (χ2v) is 8.40. The Morgan fingerprint density at radius 3 is 2.69 bits per heavy atom. The zero-order chi connectivity index (χ0) is 24.6. The van der Waals surface area contributed by atoms with Gasteiger partial charge in [0.15, 0.2) is 6.61 Å². The number of nitrogens with zero attached hydrogens (tertiary/aromatic N) is 3. The van der Waals surface area contributed by atoms with Crippen molar-refractivity contribution in [3.05, 3.63) is 53.7 Å². The number of aryl methyl sites for hydroxylation is 1. The van der Waals surface area contributed by atoms with Gasteiger partial charge in [0.25, 0.3) is 5.91 Å².